The quantitative estimate of drug-likeness (QED) is 0.475. The van der Waals surface area contributed by atoms with Gasteiger partial charge in [-0.1, -0.05) is 76.7 Å². The van der Waals surface area contributed by atoms with E-state index in [2.05, 4.69) is 0 Å². The van der Waals surface area contributed by atoms with Gasteiger partial charge in [0.05, 0.1) is 21.9 Å². The summed E-state index contributed by atoms with van der Waals surface area (Å²) < 4.78 is -1.94. The molecule has 10 heteroatoms. The Hall–Kier alpha value is -0.200. The van der Waals surface area contributed by atoms with Crippen molar-refractivity contribution in [3.63, 3.8) is 0 Å². The molecule has 2 fully saturated rings. The van der Waals surface area contributed by atoms with Crippen molar-refractivity contribution < 1.29 is 14.4 Å². The maximum Gasteiger partial charge on any atom is 0.259 e. The van der Waals surface area contributed by atoms with E-state index < -0.39 is 37.7 Å². The van der Waals surface area contributed by atoms with Crippen LogP contribution < -0.4 is 0 Å². The first-order chi connectivity index (χ1) is 12.1. The Balaban J connectivity index is 1.70. The lowest BCUT2D eigenvalue weighted by molar-refractivity contribution is -0.193. The van der Waals surface area contributed by atoms with E-state index in [1.807, 2.05) is 18.2 Å². The van der Waals surface area contributed by atoms with Crippen LogP contribution in [0.15, 0.2) is 40.4 Å². The topological polar surface area (TPSA) is 46.6 Å². The fourth-order valence-electron chi connectivity index (χ4n) is 3.81. The van der Waals surface area contributed by atoms with Crippen LogP contribution in [0.5, 0.6) is 0 Å². The third-order valence-electron chi connectivity index (χ3n) is 5.07. The molecule has 4 rings (SSSR count). The number of carbonyl (C=O) groups excluding carboxylic acids is 2. The van der Waals surface area contributed by atoms with E-state index in [9.17, 15) is 9.59 Å². The molecule has 3 aliphatic rings. The Morgan fingerprint density at radius 1 is 0.885 bits per heavy atom. The number of fused-ring (bicyclic) bond motifs is 5. The number of hydrogen-bond donors (Lipinski definition) is 0. The molecule has 0 N–H and O–H groups in total. The molecule has 0 aromatic heterocycles. The van der Waals surface area contributed by atoms with E-state index >= 15 is 0 Å². The van der Waals surface area contributed by atoms with E-state index in [0.717, 1.165) is 5.56 Å². The molecular weight excluding hydrogens is 467 g/mol. The van der Waals surface area contributed by atoms with Gasteiger partial charge in [0.2, 0.25) is 0 Å². The van der Waals surface area contributed by atoms with Gasteiger partial charge in [0.1, 0.15) is 16.4 Å². The molecule has 26 heavy (non-hydrogen) atoms. The lowest BCUT2D eigenvalue weighted by Gasteiger charge is -2.34. The van der Waals surface area contributed by atoms with Gasteiger partial charge in [-0.25, -0.2) is 0 Å². The predicted octanol–water partition coefficient (Wildman–Crippen LogP) is 4.56. The highest BCUT2D eigenvalue weighted by Crippen LogP contribution is 2.77. The molecular formula is C16H9Cl6NO3. The van der Waals surface area contributed by atoms with Gasteiger partial charge in [0, 0.05) is 0 Å². The van der Waals surface area contributed by atoms with Crippen LogP contribution in [0.25, 0.3) is 0 Å². The Morgan fingerprint density at radius 2 is 1.35 bits per heavy atom. The summed E-state index contributed by atoms with van der Waals surface area (Å²) >= 11 is 38.4. The van der Waals surface area contributed by atoms with E-state index in [1.54, 1.807) is 12.1 Å². The van der Waals surface area contributed by atoms with E-state index in [1.165, 1.54) is 0 Å². The number of hydroxylamine groups is 2. The Kier molecular flexibility index (Phi) is 4.34. The van der Waals surface area contributed by atoms with Gasteiger partial charge < -0.3 is 0 Å². The number of hydrogen-bond acceptors (Lipinski definition) is 3. The molecule has 1 heterocycles. The summed E-state index contributed by atoms with van der Waals surface area (Å²) in [6.45, 7) is 0.00408. The number of halogens is 6. The maximum absolute atomic E-state index is 12.9. The van der Waals surface area contributed by atoms with Crippen molar-refractivity contribution in [2.24, 2.45) is 11.8 Å². The zero-order valence-corrected chi connectivity index (χ0v) is 17.2. The molecule has 1 aromatic rings. The minimum Gasteiger partial charge on any atom is -0.272 e. The van der Waals surface area contributed by atoms with Gasteiger partial charge >= 0.3 is 0 Å². The van der Waals surface area contributed by atoms with Crippen molar-refractivity contribution in [2.75, 3.05) is 0 Å². The van der Waals surface area contributed by atoms with Gasteiger partial charge in [-0.2, -0.15) is 5.06 Å². The number of nitrogens with zero attached hydrogens (tertiary/aromatic N) is 1. The molecule has 0 unspecified atom stereocenters. The smallest absolute Gasteiger partial charge is 0.259 e. The van der Waals surface area contributed by atoms with Crippen molar-refractivity contribution in [1.82, 2.24) is 5.06 Å². The van der Waals surface area contributed by atoms with Crippen molar-refractivity contribution in [3.05, 3.63) is 46.0 Å². The molecule has 1 saturated heterocycles. The number of benzene rings is 1. The molecule has 0 spiro atoms. The number of carbonyl (C=O) groups is 2. The zero-order valence-electron chi connectivity index (χ0n) is 12.7. The molecule has 1 aromatic carbocycles. The monoisotopic (exact) mass is 473 g/mol. The van der Waals surface area contributed by atoms with Crippen LogP contribution in [0.4, 0.5) is 0 Å². The lowest BCUT2D eigenvalue weighted by atomic mass is 9.84. The number of imide groups is 1. The van der Waals surface area contributed by atoms with Crippen molar-refractivity contribution in [3.8, 4) is 0 Å². The average molecular weight is 476 g/mol. The molecule has 4 atom stereocenters. The van der Waals surface area contributed by atoms with E-state index in [0.29, 0.717) is 5.06 Å². The van der Waals surface area contributed by atoms with Gasteiger partial charge in [-0.15, -0.1) is 23.2 Å². The van der Waals surface area contributed by atoms with Gasteiger partial charge in [-0.05, 0) is 5.56 Å². The fraction of sp³-hybridized carbons (Fsp3) is 0.375. The van der Waals surface area contributed by atoms with Crippen LogP contribution in [0, 0.1) is 11.8 Å². The van der Waals surface area contributed by atoms with E-state index in [4.69, 9.17) is 74.4 Å². The third-order valence-corrected chi connectivity index (χ3v) is 9.33. The van der Waals surface area contributed by atoms with Crippen LogP contribution in [0.2, 0.25) is 0 Å². The summed E-state index contributed by atoms with van der Waals surface area (Å²) in [5.74, 6) is -3.78. The normalized spacial score (nSPS) is 37.7. The van der Waals surface area contributed by atoms with Crippen LogP contribution in [0.1, 0.15) is 5.56 Å². The molecule has 0 radical (unpaired) electrons. The Bertz CT molecular complexity index is 813. The summed E-state index contributed by atoms with van der Waals surface area (Å²) in [6.07, 6.45) is 0. The third kappa shape index (κ3) is 1.99. The molecule has 2 bridgehead atoms. The molecule has 1 aliphatic heterocycles. The number of amides is 2. The van der Waals surface area contributed by atoms with E-state index in [-0.39, 0.29) is 16.7 Å². The molecule has 2 amide bonds. The van der Waals surface area contributed by atoms with Crippen LogP contribution in [-0.4, -0.2) is 31.0 Å². The predicted molar refractivity (Wildman–Crippen MR) is 100 cm³/mol. The molecule has 1 saturated carbocycles. The highest BCUT2D eigenvalue weighted by Gasteiger charge is 2.87. The average Bonchev–Trinajstić information content (AvgIpc) is 2.99. The summed E-state index contributed by atoms with van der Waals surface area (Å²) in [4.78, 5) is 27.6. The van der Waals surface area contributed by atoms with Crippen LogP contribution in [-0.2, 0) is 21.0 Å². The van der Waals surface area contributed by atoms with Gasteiger partial charge in [0.15, 0.2) is 4.33 Å². The van der Waals surface area contributed by atoms with Crippen LogP contribution >= 0.6 is 69.6 Å². The minimum absolute atomic E-state index is 0.00408. The first kappa shape index (κ1) is 19.1. The Morgan fingerprint density at radius 3 is 1.81 bits per heavy atom. The number of alkyl halides is 4. The van der Waals surface area contributed by atoms with Crippen molar-refractivity contribution in [1.29, 1.82) is 0 Å². The fourth-order valence-corrected chi connectivity index (χ4v) is 6.74. The SMILES string of the molecule is O=C1[C@@H]2[C@H](C(=O)N1OCc1ccccc1)[C@]1(Cl)C(Cl)=C(Cl)[C@]2(Cl)C1(Cl)Cl. The van der Waals surface area contributed by atoms with Gasteiger partial charge in [0.25, 0.3) is 11.8 Å². The highest BCUT2D eigenvalue weighted by molar-refractivity contribution is 6.66. The summed E-state index contributed by atoms with van der Waals surface area (Å²) in [5.41, 5.74) is 0.771. The lowest BCUT2D eigenvalue weighted by Crippen LogP contribution is -2.49. The molecule has 4 nitrogen and oxygen atoms in total. The van der Waals surface area contributed by atoms with Crippen LogP contribution in [0.3, 0.4) is 0 Å². The second-order valence-electron chi connectivity index (χ2n) is 6.31. The largest absolute Gasteiger partial charge is 0.272 e. The molecule has 2 aliphatic carbocycles. The second-order valence-corrected chi connectivity index (χ2v) is 9.59. The summed E-state index contributed by atoms with van der Waals surface area (Å²) in [7, 11) is 0. The highest BCUT2D eigenvalue weighted by atomic mass is 35.5. The minimum atomic E-state index is -1.94. The number of allylic oxidation sites excluding steroid dienone is 2. The first-order valence-electron chi connectivity index (χ1n) is 7.46. The Labute approximate surface area is 178 Å². The second kappa shape index (κ2) is 5.90. The maximum atomic E-state index is 12.9. The van der Waals surface area contributed by atoms with Crippen molar-refractivity contribution in [2.45, 2.75) is 20.7 Å². The standard InChI is InChI=1S/C16H9Cl6NO3/c17-10-11(18)15(20)9-8(14(10,19)16(15,21)22)12(24)23(13(9)25)26-6-7-4-2-1-3-5-7/h1-5,8-9H,6H2/t8-,9+,14-,15-/m0/s1. The molecule has 138 valence electrons. The zero-order chi connectivity index (χ0) is 19.1. The summed E-state index contributed by atoms with van der Waals surface area (Å²) in [5, 5.41) is 0.389. The number of rotatable bonds is 3. The summed E-state index contributed by atoms with van der Waals surface area (Å²) in [6, 6.07) is 9.03. The first-order valence-corrected chi connectivity index (χ1v) is 9.73. The van der Waals surface area contributed by atoms with Crippen molar-refractivity contribution >= 4 is 81.4 Å². The van der Waals surface area contributed by atoms with Gasteiger partial charge in [-0.3, -0.25) is 14.4 Å².